The van der Waals surface area contributed by atoms with Gasteiger partial charge >= 0.3 is 0 Å². The molecule has 0 aromatic carbocycles. The van der Waals surface area contributed by atoms with Gasteiger partial charge in [0.1, 0.15) is 0 Å². The first-order valence-electron chi connectivity index (χ1n) is 4.18. The van der Waals surface area contributed by atoms with Crippen LogP contribution < -0.4 is 5.32 Å². The molecule has 0 atom stereocenters. The second kappa shape index (κ2) is 4.54. The molecule has 2 N–H and O–H groups in total. The number of aromatic nitrogens is 2. The molecule has 0 aliphatic heterocycles. The summed E-state index contributed by atoms with van der Waals surface area (Å²) in [6, 6.07) is 0. The minimum absolute atomic E-state index is 0.121. The van der Waals surface area contributed by atoms with E-state index in [1.54, 1.807) is 7.05 Å². The number of sulfonamides is 1. The van der Waals surface area contributed by atoms with E-state index >= 15 is 0 Å². The number of likely N-dealkylation sites (N-methyl/N-ethyl adjacent to an activating group) is 2. The summed E-state index contributed by atoms with van der Waals surface area (Å²) >= 11 is 0. The Morgan fingerprint density at radius 1 is 1.64 bits per heavy atom. The van der Waals surface area contributed by atoms with Gasteiger partial charge in [-0.05, 0) is 7.05 Å². The molecular formula is C7H14N4O2S. The fourth-order valence-corrected chi connectivity index (χ4v) is 2.00. The van der Waals surface area contributed by atoms with Gasteiger partial charge in [0, 0.05) is 20.1 Å². The smallest absolute Gasteiger partial charge is 0.259 e. The molecule has 80 valence electrons. The van der Waals surface area contributed by atoms with Crippen molar-refractivity contribution in [2.24, 2.45) is 0 Å². The van der Waals surface area contributed by atoms with Gasteiger partial charge in [-0.25, -0.2) is 13.4 Å². The molecule has 0 saturated heterocycles. The molecule has 1 heterocycles. The summed E-state index contributed by atoms with van der Waals surface area (Å²) in [5.41, 5.74) is 0. The minimum atomic E-state index is -3.39. The summed E-state index contributed by atoms with van der Waals surface area (Å²) in [6.45, 7) is 1.04. The Labute approximate surface area is 83.4 Å². The molecule has 0 aliphatic rings. The van der Waals surface area contributed by atoms with Gasteiger partial charge in [-0.1, -0.05) is 0 Å². The van der Waals surface area contributed by atoms with Gasteiger partial charge in [-0.3, -0.25) is 0 Å². The highest BCUT2D eigenvalue weighted by Crippen LogP contribution is 2.08. The number of imidazole rings is 1. The number of H-pyrrole nitrogens is 1. The Morgan fingerprint density at radius 2 is 2.36 bits per heavy atom. The predicted octanol–water partition coefficient (Wildman–Crippen LogP) is -0.750. The summed E-state index contributed by atoms with van der Waals surface area (Å²) < 4.78 is 24.7. The third-order valence-electron chi connectivity index (χ3n) is 1.84. The van der Waals surface area contributed by atoms with Crippen LogP contribution in [0.3, 0.4) is 0 Å². The normalized spacial score (nSPS) is 12.2. The molecule has 0 bridgehead atoms. The lowest BCUT2D eigenvalue weighted by Gasteiger charge is -2.15. The highest BCUT2D eigenvalue weighted by Gasteiger charge is 2.21. The number of hydrogen-bond donors (Lipinski definition) is 2. The fraction of sp³-hybridized carbons (Fsp3) is 0.571. The molecule has 14 heavy (non-hydrogen) atoms. The zero-order valence-corrected chi connectivity index (χ0v) is 9.00. The van der Waals surface area contributed by atoms with Gasteiger partial charge in [-0.2, -0.15) is 4.31 Å². The third-order valence-corrected chi connectivity index (χ3v) is 3.62. The largest absolute Gasteiger partial charge is 0.335 e. The zero-order chi connectivity index (χ0) is 10.6. The van der Waals surface area contributed by atoms with Crippen molar-refractivity contribution in [2.45, 2.75) is 5.03 Å². The van der Waals surface area contributed by atoms with Gasteiger partial charge in [0.2, 0.25) is 0 Å². The highest BCUT2D eigenvalue weighted by molar-refractivity contribution is 7.89. The van der Waals surface area contributed by atoms with E-state index in [-0.39, 0.29) is 5.03 Å². The summed E-state index contributed by atoms with van der Waals surface area (Å²) in [5, 5.41) is 3.01. The van der Waals surface area contributed by atoms with Crippen LogP contribution in [0.25, 0.3) is 0 Å². The lowest BCUT2D eigenvalue weighted by molar-refractivity contribution is 0.464. The predicted molar refractivity (Wildman–Crippen MR) is 52.3 cm³/mol. The molecule has 6 nitrogen and oxygen atoms in total. The van der Waals surface area contributed by atoms with E-state index in [2.05, 4.69) is 15.3 Å². The van der Waals surface area contributed by atoms with E-state index < -0.39 is 10.0 Å². The molecule has 0 saturated carbocycles. The number of hydrogen-bond acceptors (Lipinski definition) is 4. The van der Waals surface area contributed by atoms with Gasteiger partial charge in [0.05, 0.1) is 12.5 Å². The Kier molecular flexibility index (Phi) is 3.62. The molecule has 0 radical (unpaired) electrons. The van der Waals surface area contributed by atoms with Crippen molar-refractivity contribution in [1.29, 1.82) is 0 Å². The van der Waals surface area contributed by atoms with Crippen molar-refractivity contribution in [1.82, 2.24) is 19.6 Å². The Hall–Kier alpha value is -0.920. The van der Waals surface area contributed by atoms with Crippen molar-refractivity contribution in [3.8, 4) is 0 Å². The Bertz CT molecular complexity index is 359. The molecular weight excluding hydrogens is 204 g/mol. The standard InChI is InChI=1S/C7H14N4O2S/c1-8-3-4-11(2)14(12,13)7-5-9-6-10-7/h5-6,8H,3-4H2,1-2H3,(H,9,10). The van der Waals surface area contributed by atoms with Crippen molar-refractivity contribution < 1.29 is 8.42 Å². The van der Waals surface area contributed by atoms with Crippen LogP contribution in [0.15, 0.2) is 17.6 Å². The average molecular weight is 218 g/mol. The molecule has 1 rings (SSSR count). The van der Waals surface area contributed by atoms with Gasteiger partial charge in [-0.15, -0.1) is 0 Å². The van der Waals surface area contributed by atoms with E-state index in [4.69, 9.17) is 0 Å². The van der Waals surface area contributed by atoms with Crippen molar-refractivity contribution in [3.05, 3.63) is 12.5 Å². The maximum absolute atomic E-state index is 11.7. The van der Waals surface area contributed by atoms with Crippen molar-refractivity contribution in [2.75, 3.05) is 27.2 Å². The van der Waals surface area contributed by atoms with Gasteiger partial charge < -0.3 is 10.3 Å². The highest BCUT2D eigenvalue weighted by atomic mass is 32.2. The first-order valence-corrected chi connectivity index (χ1v) is 5.62. The van der Waals surface area contributed by atoms with Crippen LogP contribution in [-0.2, 0) is 10.0 Å². The van der Waals surface area contributed by atoms with Crippen LogP contribution in [-0.4, -0.2) is 49.9 Å². The Balaban J connectivity index is 2.76. The summed E-state index contributed by atoms with van der Waals surface area (Å²) in [6.07, 6.45) is 2.64. The van der Waals surface area contributed by atoms with Crippen LogP contribution in [0.5, 0.6) is 0 Å². The quantitative estimate of drug-likeness (QED) is 0.681. The zero-order valence-electron chi connectivity index (χ0n) is 8.19. The summed E-state index contributed by atoms with van der Waals surface area (Å²) in [7, 11) is -0.0829. The Morgan fingerprint density at radius 3 is 2.86 bits per heavy atom. The number of rotatable bonds is 5. The lowest BCUT2D eigenvalue weighted by atomic mass is 10.6. The topological polar surface area (TPSA) is 78.1 Å². The van der Waals surface area contributed by atoms with Crippen molar-refractivity contribution >= 4 is 10.0 Å². The number of nitrogens with one attached hydrogen (secondary N) is 2. The van der Waals surface area contributed by atoms with E-state index in [1.165, 1.54) is 23.9 Å². The van der Waals surface area contributed by atoms with E-state index in [0.717, 1.165) is 0 Å². The van der Waals surface area contributed by atoms with Crippen LogP contribution in [0, 0.1) is 0 Å². The van der Waals surface area contributed by atoms with Crippen molar-refractivity contribution in [3.63, 3.8) is 0 Å². The van der Waals surface area contributed by atoms with Crippen LogP contribution in [0.4, 0.5) is 0 Å². The number of aromatic amines is 1. The van der Waals surface area contributed by atoms with E-state index in [1.807, 2.05) is 0 Å². The molecule has 0 unspecified atom stereocenters. The van der Waals surface area contributed by atoms with Crippen LogP contribution in [0.1, 0.15) is 0 Å². The summed E-state index contributed by atoms with van der Waals surface area (Å²) in [4.78, 5) is 6.25. The molecule has 0 spiro atoms. The molecule has 1 aromatic rings. The van der Waals surface area contributed by atoms with Gasteiger partial charge in [0.15, 0.2) is 5.03 Å². The fourth-order valence-electron chi connectivity index (χ4n) is 0.942. The molecule has 7 heteroatoms. The van der Waals surface area contributed by atoms with Gasteiger partial charge in [0.25, 0.3) is 10.0 Å². The summed E-state index contributed by atoms with van der Waals surface area (Å²) in [5.74, 6) is 0. The monoisotopic (exact) mass is 218 g/mol. The lowest BCUT2D eigenvalue weighted by Crippen LogP contribution is -2.33. The maximum Gasteiger partial charge on any atom is 0.259 e. The number of nitrogens with zero attached hydrogens (tertiary/aromatic N) is 2. The SMILES string of the molecule is CNCCN(C)S(=O)(=O)c1cnc[nH]1. The van der Waals surface area contributed by atoms with Crippen LogP contribution >= 0.6 is 0 Å². The first kappa shape index (κ1) is 11.2. The second-order valence-corrected chi connectivity index (χ2v) is 4.86. The second-order valence-electron chi connectivity index (χ2n) is 2.85. The van der Waals surface area contributed by atoms with E-state index in [0.29, 0.717) is 13.1 Å². The van der Waals surface area contributed by atoms with Crippen LogP contribution in [0.2, 0.25) is 0 Å². The minimum Gasteiger partial charge on any atom is -0.335 e. The molecule has 0 aliphatic carbocycles. The third kappa shape index (κ3) is 2.31. The average Bonchev–Trinajstić information content (AvgIpc) is 2.67. The molecule has 1 aromatic heterocycles. The maximum atomic E-state index is 11.7. The first-order chi connectivity index (χ1) is 6.59. The molecule has 0 fully saturated rings. The molecule has 0 amide bonds. The van der Waals surface area contributed by atoms with E-state index in [9.17, 15) is 8.42 Å².